The molecule has 11 heteroatoms. The number of amides is 2. The Morgan fingerprint density at radius 1 is 1.04 bits per heavy atom. The van der Waals surface area contributed by atoms with Crippen molar-refractivity contribution in [3.8, 4) is 21.7 Å². The molecule has 2 amide bonds. The smallest absolute Gasteiger partial charge is 0.411 e. The number of nitrogens with one attached hydrogen (secondary N) is 2. The van der Waals surface area contributed by atoms with E-state index in [1.807, 2.05) is 91.6 Å². The molecule has 4 aromatic rings. The molecule has 2 N–H and O–H groups in total. The third-order valence-electron chi connectivity index (χ3n) is 7.28. The Morgan fingerprint density at radius 3 is 2.45 bits per heavy atom. The van der Waals surface area contributed by atoms with Gasteiger partial charge in [-0.15, -0.1) is 22.7 Å². The predicted octanol–water partition coefficient (Wildman–Crippen LogP) is 8.95. The molecule has 0 saturated heterocycles. The van der Waals surface area contributed by atoms with E-state index in [4.69, 9.17) is 14.5 Å². The van der Waals surface area contributed by atoms with E-state index >= 15 is 0 Å². The first-order valence-electron chi connectivity index (χ1n) is 16.5. The SMILES string of the molecule is CC.CC.COCCNCCC(=O)Nc1sc2c(c1-c1nc3ccc(-c4cccnc4)cc3s1)CC(C)N(C(=O)OC(C)(C)C)C2C. The van der Waals surface area contributed by atoms with Crippen molar-refractivity contribution in [2.75, 3.05) is 32.1 Å². The molecule has 1 aliphatic rings. The molecule has 9 nitrogen and oxygen atoms in total. The van der Waals surface area contributed by atoms with Crippen LogP contribution in [-0.2, 0) is 20.7 Å². The molecular formula is C36H51N5O4S2. The predicted molar refractivity (Wildman–Crippen MR) is 197 cm³/mol. The molecule has 0 bridgehead atoms. The number of hydrogen-bond acceptors (Lipinski definition) is 9. The zero-order chi connectivity index (χ0) is 34.7. The molecular weight excluding hydrogens is 631 g/mol. The molecule has 0 aliphatic carbocycles. The molecule has 1 aliphatic heterocycles. The zero-order valence-electron chi connectivity index (χ0n) is 29.5. The zero-order valence-corrected chi connectivity index (χ0v) is 31.2. The van der Waals surface area contributed by atoms with Crippen molar-refractivity contribution in [1.82, 2.24) is 20.2 Å². The van der Waals surface area contributed by atoms with E-state index in [9.17, 15) is 9.59 Å². The van der Waals surface area contributed by atoms with Crippen molar-refractivity contribution in [2.45, 2.75) is 92.8 Å². The van der Waals surface area contributed by atoms with Gasteiger partial charge in [-0.2, -0.15) is 0 Å². The molecule has 2 atom stereocenters. The first kappa shape index (κ1) is 38.1. The Morgan fingerprint density at radius 2 is 1.79 bits per heavy atom. The molecule has 0 fully saturated rings. The second-order valence-electron chi connectivity index (χ2n) is 11.7. The van der Waals surface area contributed by atoms with Crippen molar-refractivity contribution in [3.63, 3.8) is 0 Å². The summed E-state index contributed by atoms with van der Waals surface area (Å²) in [6.07, 6.45) is 4.26. The van der Waals surface area contributed by atoms with Gasteiger partial charge in [0.1, 0.15) is 15.6 Å². The minimum atomic E-state index is -0.594. The van der Waals surface area contributed by atoms with E-state index in [-0.39, 0.29) is 24.1 Å². The number of nitrogens with zero attached hydrogens (tertiary/aromatic N) is 3. The number of thiazole rings is 1. The standard InChI is InChI=1S/C32H39N5O4S2.2C2H6/c1-19-16-23-27(29-35-24-10-9-21(17-25(24)42-29)22-8-7-12-34-18-22)30(36-26(38)11-13-33-14-15-40-6)43-28(23)20(2)37(19)31(39)41-32(3,4)5;2*1-2/h7-10,12,17-20,33H,11,13-16H2,1-6H3,(H,36,38);2*1-2H3. The lowest BCUT2D eigenvalue weighted by Crippen LogP contribution is -2.46. The number of anilines is 1. The van der Waals surface area contributed by atoms with Gasteiger partial charge in [-0.05, 0) is 70.4 Å². The molecule has 4 heterocycles. The number of thiophene rings is 1. The fraction of sp³-hybridized carbons (Fsp3) is 0.500. The van der Waals surface area contributed by atoms with Gasteiger partial charge in [-0.3, -0.25) is 14.7 Å². The Bertz CT molecular complexity index is 1600. The maximum Gasteiger partial charge on any atom is 0.411 e. The Hall–Kier alpha value is -3.38. The highest BCUT2D eigenvalue weighted by Gasteiger charge is 2.39. The van der Waals surface area contributed by atoms with Gasteiger partial charge in [0.2, 0.25) is 5.91 Å². The van der Waals surface area contributed by atoms with E-state index in [1.165, 1.54) is 11.3 Å². The first-order chi connectivity index (χ1) is 22.6. The number of aromatic nitrogens is 2. The Kier molecular flexibility index (Phi) is 14.3. The molecule has 5 rings (SSSR count). The summed E-state index contributed by atoms with van der Waals surface area (Å²) in [4.78, 5) is 38.5. The lowest BCUT2D eigenvalue weighted by molar-refractivity contribution is -0.116. The quantitative estimate of drug-likeness (QED) is 0.170. The van der Waals surface area contributed by atoms with E-state index in [0.29, 0.717) is 32.5 Å². The number of ether oxygens (including phenoxy) is 2. The minimum Gasteiger partial charge on any atom is -0.444 e. The molecule has 256 valence electrons. The number of benzene rings is 1. The van der Waals surface area contributed by atoms with Crippen LogP contribution in [0.15, 0.2) is 42.7 Å². The largest absolute Gasteiger partial charge is 0.444 e. The van der Waals surface area contributed by atoms with E-state index in [2.05, 4.69) is 27.8 Å². The normalized spacial score (nSPS) is 15.6. The van der Waals surface area contributed by atoms with Gasteiger partial charge >= 0.3 is 6.09 Å². The van der Waals surface area contributed by atoms with Crippen LogP contribution in [0.5, 0.6) is 0 Å². The summed E-state index contributed by atoms with van der Waals surface area (Å²) >= 11 is 3.14. The Labute approximate surface area is 288 Å². The number of fused-ring (bicyclic) bond motifs is 2. The first-order valence-corrected chi connectivity index (χ1v) is 18.2. The van der Waals surface area contributed by atoms with Crippen LogP contribution in [0.3, 0.4) is 0 Å². The molecule has 47 heavy (non-hydrogen) atoms. The highest BCUT2D eigenvalue weighted by Crippen LogP contribution is 2.50. The summed E-state index contributed by atoms with van der Waals surface area (Å²) in [5, 5.41) is 8.04. The van der Waals surface area contributed by atoms with Crippen LogP contribution in [0.25, 0.3) is 31.9 Å². The van der Waals surface area contributed by atoms with Gasteiger partial charge < -0.3 is 20.1 Å². The molecule has 0 saturated carbocycles. The Balaban J connectivity index is 0.00000144. The summed E-state index contributed by atoms with van der Waals surface area (Å²) in [5.41, 5.74) is 4.51. The number of carbonyl (C=O) groups excluding carboxylic acids is 2. The average Bonchev–Trinajstić information content (AvgIpc) is 3.63. The molecule has 0 spiro atoms. The van der Waals surface area contributed by atoms with E-state index < -0.39 is 5.60 Å². The van der Waals surface area contributed by atoms with Gasteiger partial charge in [0, 0.05) is 61.1 Å². The fourth-order valence-corrected chi connectivity index (χ4v) is 7.77. The van der Waals surface area contributed by atoms with E-state index in [0.717, 1.165) is 47.4 Å². The van der Waals surface area contributed by atoms with Gasteiger partial charge in [-0.1, -0.05) is 39.8 Å². The highest BCUT2D eigenvalue weighted by molar-refractivity contribution is 7.23. The monoisotopic (exact) mass is 681 g/mol. The molecule has 3 aromatic heterocycles. The van der Waals surface area contributed by atoms with Crippen molar-refractivity contribution in [2.24, 2.45) is 0 Å². The summed E-state index contributed by atoms with van der Waals surface area (Å²) in [7, 11) is 1.65. The molecule has 0 radical (unpaired) electrons. The maximum atomic E-state index is 13.3. The molecule has 1 aromatic carbocycles. The third kappa shape index (κ3) is 9.59. The van der Waals surface area contributed by atoms with Crippen LogP contribution in [0.2, 0.25) is 0 Å². The van der Waals surface area contributed by atoms with Gasteiger partial charge in [-0.25, -0.2) is 9.78 Å². The summed E-state index contributed by atoms with van der Waals surface area (Å²) in [5.74, 6) is -0.0746. The van der Waals surface area contributed by atoms with Gasteiger partial charge in [0.05, 0.1) is 22.9 Å². The van der Waals surface area contributed by atoms with Crippen LogP contribution in [0, 0.1) is 0 Å². The second kappa shape index (κ2) is 17.7. The van der Waals surface area contributed by atoms with Crippen molar-refractivity contribution in [1.29, 1.82) is 0 Å². The number of pyridine rings is 1. The van der Waals surface area contributed by atoms with Crippen LogP contribution < -0.4 is 10.6 Å². The summed E-state index contributed by atoms with van der Waals surface area (Å²) in [6, 6.07) is 9.91. The van der Waals surface area contributed by atoms with Crippen LogP contribution in [-0.4, -0.2) is 65.3 Å². The molecule has 2 unspecified atom stereocenters. The number of carbonyl (C=O) groups is 2. The second-order valence-corrected chi connectivity index (χ2v) is 13.8. The lowest BCUT2D eigenvalue weighted by atomic mass is 9.93. The number of hydrogen-bond donors (Lipinski definition) is 2. The van der Waals surface area contributed by atoms with Crippen LogP contribution in [0.4, 0.5) is 9.80 Å². The van der Waals surface area contributed by atoms with Crippen molar-refractivity contribution < 1.29 is 19.1 Å². The lowest BCUT2D eigenvalue weighted by Gasteiger charge is -2.39. The highest BCUT2D eigenvalue weighted by atomic mass is 32.1. The minimum absolute atomic E-state index is 0.0746. The third-order valence-corrected chi connectivity index (χ3v) is 9.63. The van der Waals surface area contributed by atoms with E-state index in [1.54, 1.807) is 24.6 Å². The van der Waals surface area contributed by atoms with Gasteiger partial charge in [0.15, 0.2) is 0 Å². The number of rotatable bonds is 9. The number of methoxy groups -OCH3 is 1. The van der Waals surface area contributed by atoms with Gasteiger partial charge in [0.25, 0.3) is 0 Å². The van der Waals surface area contributed by atoms with Crippen LogP contribution in [0.1, 0.15) is 85.2 Å². The summed E-state index contributed by atoms with van der Waals surface area (Å²) in [6.45, 7) is 19.5. The summed E-state index contributed by atoms with van der Waals surface area (Å²) < 4.78 is 11.9. The maximum absolute atomic E-state index is 13.3. The van der Waals surface area contributed by atoms with Crippen molar-refractivity contribution >= 4 is 49.9 Å². The van der Waals surface area contributed by atoms with Crippen LogP contribution >= 0.6 is 22.7 Å². The fourth-order valence-electron chi connectivity index (χ4n) is 5.33. The van der Waals surface area contributed by atoms with Crippen molar-refractivity contribution in [3.05, 3.63) is 53.2 Å². The average molecular weight is 682 g/mol. The topological polar surface area (TPSA) is 106 Å².